The van der Waals surface area contributed by atoms with Gasteiger partial charge in [0.2, 0.25) is 5.88 Å². The van der Waals surface area contributed by atoms with Crippen molar-refractivity contribution in [3.05, 3.63) is 98.3 Å². The minimum atomic E-state index is -0.840. The number of nitrogens with zero attached hydrogens (tertiary/aromatic N) is 1. The van der Waals surface area contributed by atoms with Crippen LogP contribution in [-0.2, 0) is 0 Å². The molecule has 0 aliphatic carbocycles. The molecule has 0 saturated carbocycles. The molecule has 5 rings (SSSR count). The molecule has 0 bridgehead atoms. The number of hydrogen-bond acceptors (Lipinski definition) is 7. The Morgan fingerprint density at radius 3 is 2.58 bits per heavy atom. The number of hydrogen-bond donors (Lipinski definition) is 1. The van der Waals surface area contributed by atoms with Crippen molar-refractivity contribution in [3.8, 4) is 22.3 Å². The van der Waals surface area contributed by atoms with E-state index in [1.807, 2.05) is 24.3 Å². The molecule has 0 saturated heterocycles. The molecule has 4 aromatic rings. The molecule has 1 unspecified atom stereocenters. The van der Waals surface area contributed by atoms with Crippen LogP contribution in [0.25, 0.3) is 21.4 Å². The van der Waals surface area contributed by atoms with Crippen LogP contribution < -0.4 is 16.1 Å². The zero-order valence-corrected chi connectivity index (χ0v) is 18.0. The Morgan fingerprint density at radius 1 is 1.15 bits per heavy atom. The van der Waals surface area contributed by atoms with Gasteiger partial charge in [-0.2, -0.15) is 5.26 Å². The largest absolute Gasteiger partial charge is 0.439 e. The van der Waals surface area contributed by atoms with Crippen LogP contribution in [0.15, 0.2) is 75.3 Å². The van der Waals surface area contributed by atoms with E-state index in [4.69, 9.17) is 14.9 Å². The van der Waals surface area contributed by atoms with E-state index >= 15 is 0 Å². The van der Waals surface area contributed by atoms with Gasteiger partial charge in [0.1, 0.15) is 23.0 Å². The summed E-state index contributed by atoms with van der Waals surface area (Å²) in [4.78, 5) is 26.1. The molecule has 162 valence electrons. The molecule has 0 fully saturated rings. The molecule has 8 heteroatoms. The van der Waals surface area contributed by atoms with Crippen LogP contribution in [0.4, 0.5) is 4.39 Å². The van der Waals surface area contributed by atoms with E-state index in [1.54, 1.807) is 18.2 Å². The fourth-order valence-corrected chi connectivity index (χ4v) is 4.85. The second kappa shape index (κ2) is 7.73. The fraction of sp³-hybridized carbons (Fsp3) is 0.0800. The Bertz CT molecular complexity index is 1570. The van der Waals surface area contributed by atoms with Crippen molar-refractivity contribution < 1.29 is 18.3 Å². The van der Waals surface area contributed by atoms with Gasteiger partial charge in [0.25, 0.3) is 0 Å². The van der Waals surface area contributed by atoms with Gasteiger partial charge in [-0.15, -0.1) is 11.3 Å². The van der Waals surface area contributed by atoms with Crippen molar-refractivity contribution >= 4 is 28.1 Å². The van der Waals surface area contributed by atoms with Crippen LogP contribution in [-0.4, -0.2) is 5.78 Å². The van der Waals surface area contributed by atoms with E-state index in [0.717, 1.165) is 10.4 Å². The van der Waals surface area contributed by atoms with Gasteiger partial charge < -0.3 is 14.9 Å². The first-order chi connectivity index (χ1) is 15.9. The summed E-state index contributed by atoms with van der Waals surface area (Å²) in [6, 6.07) is 16.6. The topological polar surface area (TPSA) is 106 Å². The van der Waals surface area contributed by atoms with Gasteiger partial charge in [0.05, 0.1) is 21.7 Å². The molecule has 2 N–H and O–H groups in total. The number of fused-ring (bicyclic) bond motifs is 3. The van der Waals surface area contributed by atoms with E-state index in [-0.39, 0.29) is 39.5 Å². The average Bonchev–Trinajstić information content (AvgIpc) is 3.30. The maximum Gasteiger partial charge on any atom is 0.344 e. The number of nitriles is 1. The minimum absolute atomic E-state index is 0.00338. The van der Waals surface area contributed by atoms with Crippen LogP contribution in [0.1, 0.15) is 33.6 Å². The molecule has 6 nitrogen and oxygen atoms in total. The summed E-state index contributed by atoms with van der Waals surface area (Å²) in [5.74, 6) is -1.45. The average molecular weight is 458 g/mol. The van der Waals surface area contributed by atoms with E-state index < -0.39 is 17.4 Å². The molecule has 3 heterocycles. The zero-order chi connectivity index (χ0) is 23.3. The third-order valence-corrected chi connectivity index (χ3v) is 6.75. The predicted molar refractivity (Wildman–Crippen MR) is 121 cm³/mol. The molecule has 1 aliphatic rings. The number of nitrogens with two attached hydrogens (primary N) is 1. The molecule has 2 aromatic carbocycles. The number of rotatable bonds is 3. The summed E-state index contributed by atoms with van der Waals surface area (Å²) in [5.41, 5.74) is 7.15. The van der Waals surface area contributed by atoms with Gasteiger partial charge in [-0.25, -0.2) is 9.18 Å². The highest BCUT2D eigenvalue weighted by Gasteiger charge is 2.35. The molecule has 1 aliphatic heterocycles. The smallest absolute Gasteiger partial charge is 0.344 e. The number of allylic oxidation sites excluding steroid dienone is 1. The van der Waals surface area contributed by atoms with E-state index in [0.29, 0.717) is 10.4 Å². The zero-order valence-electron chi connectivity index (χ0n) is 17.2. The van der Waals surface area contributed by atoms with Crippen molar-refractivity contribution in [2.75, 3.05) is 0 Å². The highest BCUT2D eigenvalue weighted by molar-refractivity contribution is 7.17. The molecular formula is C25H15FN2O4S. The fourth-order valence-electron chi connectivity index (χ4n) is 3.95. The summed E-state index contributed by atoms with van der Waals surface area (Å²) < 4.78 is 25.0. The molecular weight excluding hydrogens is 443 g/mol. The van der Waals surface area contributed by atoms with Gasteiger partial charge in [0, 0.05) is 4.88 Å². The first-order valence-corrected chi connectivity index (χ1v) is 10.7. The van der Waals surface area contributed by atoms with Crippen LogP contribution in [0.5, 0.6) is 5.75 Å². The second-order valence-corrected chi connectivity index (χ2v) is 8.62. The number of ether oxygens (including phenoxy) is 1. The number of ketones is 1. The summed E-state index contributed by atoms with van der Waals surface area (Å²) >= 11 is 1.38. The number of carbonyl (C=O) groups excluding carboxylic acids is 1. The SMILES string of the molecule is CC(=O)c1ccc(-c2ccc(C3C(C#N)=C(N)Oc4c3c(=O)oc3ccc(F)cc43)cc2)s1. The lowest BCUT2D eigenvalue weighted by molar-refractivity contribution is 0.102. The number of Topliss-reactive ketones (excluding diaryl/α,β-unsaturated/α-hetero) is 1. The molecule has 2 aromatic heterocycles. The summed E-state index contributed by atoms with van der Waals surface area (Å²) in [6.45, 7) is 1.52. The minimum Gasteiger partial charge on any atom is -0.439 e. The molecule has 0 radical (unpaired) electrons. The van der Waals surface area contributed by atoms with Gasteiger partial charge in [-0.3, -0.25) is 4.79 Å². The first kappa shape index (κ1) is 20.7. The van der Waals surface area contributed by atoms with Gasteiger partial charge in [0.15, 0.2) is 11.5 Å². The molecule has 0 amide bonds. The number of halogens is 1. The normalized spacial score (nSPS) is 15.1. The third-order valence-electron chi connectivity index (χ3n) is 5.51. The maximum atomic E-state index is 13.9. The lowest BCUT2D eigenvalue weighted by Crippen LogP contribution is -2.26. The summed E-state index contributed by atoms with van der Waals surface area (Å²) in [6.07, 6.45) is 0. The predicted octanol–water partition coefficient (Wildman–Crippen LogP) is 5.08. The van der Waals surface area contributed by atoms with E-state index in [9.17, 15) is 19.2 Å². The van der Waals surface area contributed by atoms with Crippen molar-refractivity contribution in [1.29, 1.82) is 5.26 Å². The van der Waals surface area contributed by atoms with Crippen LogP contribution >= 0.6 is 11.3 Å². The third kappa shape index (κ3) is 3.39. The highest BCUT2D eigenvalue weighted by Crippen LogP contribution is 2.44. The van der Waals surface area contributed by atoms with Crippen molar-refractivity contribution in [2.24, 2.45) is 5.73 Å². The Hall–Kier alpha value is -4.22. The first-order valence-electron chi connectivity index (χ1n) is 9.92. The summed E-state index contributed by atoms with van der Waals surface area (Å²) in [5, 5.41) is 10.0. The Kier molecular flexibility index (Phi) is 4.84. The van der Waals surface area contributed by atoms with Crippen LogP contribution in [0.2, 0.25) is 0 Å². The maximum absolute atomic E-state index is 13.9. The molecule has 1 atom stereocenters. The lowest BCUT2D eigenvalue weighted by atomic mass is 9.83. The number of carbonyl (C=O) groups is 1. The standard InChI is InChI=1S/C25H15FN2O4S/c1-12(29)19-8-9-20(33-19)13-2-4-14(5-3-13)21-17(11-27)24(28)32-23-16-10-15(26)6-7-18(16)31-25(30)22(21)23/h2-10,21H,28H2,1H3. The Balaban J connectivity index is 1.67. The summed E-state index contributed by atoms with van der Waals surface area (Å²) in [7, 11) is 0. The number of thiophene rings is 1. The van der Waals surface area contributed by atoms with Gasteiger partial charge in [-0.1, -0.05) is 24.3 Å². The van der Waals surface area contributed by atoms with Crippen molar-refractivity contribution in [2.45, 2.75) is 12.8 Å². The van der Waals surface area contributed by atoms with E-state index in [1.165, 1.54) is 36.5 Å². The molecule has 0 spiro atoms. The van der Waals surface area contributed by atoms with Crippen molar-refractivity contribution in [3.63, 3.8) is 0 Å². The van der Waals surface area contributed by atoms with Crippen LogP contribution in [0, 0.1) is 17.1 Å². The Labute approximate surface area is 191 Å². The lowest BCUT2D eigenvalue weighted by Gasteiger charge is -2.26. The van der Waals surface area contributed by atoms with Gasteiger partial charge >= 0.3 is 5.63 Å². The Morgan fingerprint density at radius 2 is 1.91 bits per heavy atom. The highest BCUT2D eigenvalue weighted by atomic mass is 32.1. The van der Waals surface area contributed by atoms with E-state index in [2.05, 4.69) is 0 Å². The van der Waals surface area contributed by atoms with Crippen LogP contribution in [0.3, 0.4) is 0 Å². The monoisotopic (exact) mass is 458 g/mol. The molecule has 33 heavy (non-hydrogen) atoms. The van der Waals surface area contributed by atoms with Gasteiger partial charge in [-0.05, 0) is 48.4 Å². The van der Waals surface area contributed by atoms with Crippen molar-refractivity contribution in [1.82, 2.24) is 0 Å². The number of benzene rings is 2. The quantitative estimate of drug-likeness (QED) is 0.339. The second-order valence-electron chi connectivity index (χ2n) is 7.54.